The molecular formula is C11H16N2. The summed E-state index contributed by atoms with van der Waals surface area (Å²) in [6.45, 7) is 6.37. The first-order chi connectivity index (χ1) is 6.24. The van der Waals surface area contributed by atoms with Crippen LogP contribution in [0.15, 0.2) is 23.5 Å². The maximum Gasteiger partial charge on any atom is 0.0838 e. The zero-order chi connectivity index (χ0) is 9.68. The standard InChI is InChI=1S/C11H16N2/c1-4-9(2)7-13-11-8-12-6-5-10(11)3/h5-9H,4H2,1-3H3. The molecule has 0 aliphatic rings. The summed E-state index contributed by atoms with van der Waals surface area (Å²) in [5, 5.41) is 0. The highest BCUT2D eigenvalue weighted by atomic mass is 14.8. The summed E-state index contributed by atoms with van der Waals surface area (Å²) in [4.78, 5) is 8.42. The monoisotopic (exact) mass is 176 g/mol. The van der Waals surface area contributed by atoms with Gasteiger partial charge in [0.1, 0.15) is 0 Å². The van der Waals surface area contributed by atoms with Crippen molar-refractivity contribution in [3.63, 3.8) is 0 Å². The Morgan fingerprint density at radius 3 is 3.00 bits per heavy atom. The van der Waals surface area contributed by atoms with Gasteiger partial charge in [0, 0.05) is 12.4 Å². The molecular weight excluding hydrogens is 160 g/mol. The minimum atomic E-state index is 0.541. The van der Waals surface area contributed by atoms with Gasteiger partial charge in [0.05, 0.1) is 11.9 Å². The molecule has 1 heterocycles. The van der Waals surface area contributed by atoms with Crippen molar-refractivity contribution in [2.75, 3.05) is 0 Å². The molecule has 70 valence electrons. The first-order valence-corrected chi connectivity index (χ1v) is 4.68. The van der Waals surface area contributed by atoms with Crippen LogP contribution in [-0.4, -0.2) is 11.2 Å². The Bertz CT molecular complexity index is 292. The van der Waals surface area contributed by atoms with Crippen LogP contribution in [0.3, 0.4) is 0 Å². The molecule has 0 aliphatic carbocycles. The van der Waals surface area contributed by atoms with Crippen LogP contribution in [0.25, 0.3) is 0 Å². The van der Waals surface area contributed by atoms with Crippen molar-refractivity contribution in [3.05, 3.63) is 24.0 Å². The normalized spacial score (nSPS) is 13.5. The Balaban J connectivity index is 2.74. The van der Waals surface area contributed by atoms with Crippen molar-refractivity contribution in [2.45, 2.75) is 27.2 Å². The van der Waals surface area contributed by atoms with Crippen molar-refractivity contribution in [2.24, 2.45) is 10.9 Å². The molecule has 0 fully saturated rings. The highest BCUT2D eigenvalue weighted by Gasteiger charge is 1.95. The molecule has 2 heteroatoms. The number of rotatable bonds is 3. The predicted molar refractivity (Wildman–Crippen MR) is 56.6 cm³/mol. The van der Waals surface area contributed by atoms with E-state index in [4.69, 9.17) is 0 Å². The smallest absolute Gasteiger partial charge is 0.0838 e. The highest BCUT2D eigenvalue weighted by Crippen LogP contribution is 2.15. The minimum absolute atomic E-state index is 0.541. The van der Waals surface area contributed by atoms with E-state index in [1.807, 2.05) is 19.2 Å². The molecule has 0 aromatic carbocycles. The van der Waals surface area contributed by atoms with Crippen LogP contribution in [0.4, 0.5) is 5.69 Å². The Labute approximate surface area is 79.7 Å². The molecule has 0 bridgehead atoms. The SMILES string of the molecule is CCC(C)C=Nc1cnccc1C. The lowest BCUT2D eigenvalue weighted by Crippen LogP contribution is -1.91. The number of hydrogen-bond acceptors (Lipinski definition) is 2. The highest BCUT2D eigenvalue weighted by molar-refractivity contribution is 5.66. The van der Waals surface area contributed by atoms with Gasteiger partial charge >= 0.3 is 0 Å². The van der Waals surface area contributed by atoms with Crippen LogP contribution >= 0.6 is 0 Å². The van der Waals surface area contributed by atoms with E-state index in [0.717, 1.165) is 12.1 Å². The number of aliphatic imine (C=N–C) groups is 1. The molecule has 0 radical (unpaired) electrons. The fourth-order valence-electron chi connectivity index (χ4n) is 0.904. The van der Waals surface area contributed by atoms with Gasteiger partial charge in [-0.25, -0.2) is 0 Å². The molecule has 1 atom stereocenters. The van der Waals surface area contributed by atoms with Crippen LogP contribution in [0.2, 0.25) is 0 Å². The summed E-state index contributed by atoms with van der Waals surface area (Å²) < 4.78 is 0. The zero-order valence-electron chi connectivity index (χ0n) is 8.49. The molecule has 1 rings (SSSR count). The van der Waals surface area contributed by atoms with Gasteiger partial charge in [-0.3, -0.25) is 9.98 Å². The van der Waals surface area contributed by atoms with Crippen molar-refractivity contribution < 1.29 is 0 Å². The van der Waals surface area contributed by atoms with Crippen LogP contribution < -0.4 is 0 Å². The van der Waals surface area contributed by atoms with Gasteiger partial charge in [-0.1, -0.05) is 13.8 Å². The second-order valence-corrected chi connectivity index (χ2v) is 3.33. The molecule has 2 nitrogen and oxygen atoms in total. The van der Waals surface area contributed by atoms with Crippen LogP contribution in [-0.2, 0) is 0 Å². The van der Waals surface area contributed by atoms with Crippen molar-refractivity contribution in [3.8, 4) is 0 Å². The van der Waals surface area contributed by atoms with Crippen LogP contribution in [0.5, 0.6) is 0 Å². The largest absolute Gasteiger partial charge is 0.262 e. The van der Waals surface area contributed by atoms with E-state index in [9.17, 15) is 0 Å². The van der Waals surface area contributed by atoms with Gasteiger partial charge in [0.15, 0.2) is 0 Å². The van der Waals surface area contributed by atoms with Crippen molar-refractivity contribution in [1.29, 1.82) is 0 Å². The van der Waals surface area contributed by atoms with E-state index < -0.39 is 0 Å². The number of nitrogens with zero attached hydrogens (tertiary/aromatic N) is 2. The Hall–Kier alpha value is -1.18. The lowest BCUT2D eigenvalue weighted by atomic mass is 10.1. The van der Waals surface area contributed by atoms with E-state index in [1.165, 1.54) is 5.56 Å². The Morgan fingerprint density at radius 1 is 1.62 bits per heavy atom. The van der Waals surface area contributed by atoms with Gasteiger partial charge < -0.3 is 0 Å². The summed E-state index contributed by atoms with van der Waals surface area (Å²) >= 11 is 0. The summed E-state index contributed by atoms with van der Waals surface area (Å²) in [5.74, 6) is 0.541. The summed E-state index contributed by atoms with van der Waals surface area (Å²) in [5.41, 5.74) is 2.15. The molecule has 0 saturated carbocycles. The van der Waals surface area contributed by atoms with Gasteiger partial charge in [0.2, 0.25) is 0 Å². The molecule has 0 amide bonds. The maximum atomic E-state index is 4.39. The molecule has 13 heavy (non-hydrogen) atoms. The van der Waals surface area contributed by atoms with E-state index in [-0.39, 0.29) is 0 Å². The molecule has 1 aromatic rings. The zero-order valence-corrected chi connectivity index (χ0v) is 8.49. The number of aryl methyl sites for hydroxylation is 1. The van der Waals surface area contributed by atoms with Crippen molar-refractivity contribution >= 4 is 11.9 Å². The van der Waals surface area contributed by atoms with Crippen molar-refractivity contribution in [1.82, 2.24) is 4.98 Å². The van der Waals surface area contributed by atoms with E-state index >= 15 is 0 Å². The van der Waals surface area contributed by atoms with Gasteiger partial charge in [0.25, 0.3) is 0 Å². The number of pyridine rings is 1. The number of aromatic nitrogens is 1. The fourth-order valence-corrected chi connectivity index (χ4v) is 0.904. The third kappa shape index (κ3) is 2.98. The number of hydrogen-bond donors (Lipinski definition) is 0. The van der Waals surface area contributed by atoms with Gasteiger partial charge in [-0.15, -0.1) is 0 Å². The molecule has 1 unspecified atom stereocenters. The Morgan fingerprint density at radius 2 is 2.38 bits per heavy atom. The van der Waals surface area contributed by atoms with E-state index in [2.05, 4.69) is 23.8 Å². The third-order valence-electron chi connectivity index (χ3n) is 2.12. The Kier molecular flexibility index (Phi) is 3.62. The quantitative estimate of drug-likeness (QED) is 0.649. The minimum Gasteiger partial charge on any atom is -0.262 e. The second-order valence-electron chi connectivity index (χ2n) is 3.33. The molecule has 1 aromatic heterocycles. The molecule has 0 N–H and O–H groups in total. The van der Waals surface area contributed by atoms with Crippen LogP contribution in [0.1, 0.15) is 25.8 Å². The summed E-state index contributed by atoms with van der Waals surface area (Å²) in [6.07, 6.45) is 6.71. The average molecular weight is 176 g/mol. The molecule has 0 aliphatic heterocycles. The topological polar surface area (TPSA) is 25.2 Å². The van der Waals surface area contributed by atoms with Gasteiger partial charge in [-0.05, 0) is 30.9 Å². The summed E-state index contributed by atoms with van der Waals surface area (Å²) in [7, 11) is 0. The fraction of sp³-hybridized carbons (Fsp3) is 0.455. The lowest BCUT2D eigenvalue weighted by Gasteiger charge is -2.00. The first kappa shape index (κ1) is 9.90. The lowest BCUT2D eigenvalue weighted by molar-refractivity contribution is 0.754. The van der Waals surface area contributed by atoms with Crippen LogP contribution in [0, 0.1) is 12.8 Å². The predicted octanol–water partition coefficient (Wildman–Crippen LogP) is 3.14. The average Bonchev–Trinajstić information content (AvgIpc) is 2.16. The van der Waals surface area contributed by atoms with Gasteiger partial charge in [-0.2, -0.15) is 0 Å². The second kappa shape index (κ2) is 4.75. The molecule has 0 spiro atoms. The molecule has 0 saturated heterocycles. The maximum absolute atomic E-state index is 4.39. The van der Waals surface area contributed by atoms with E-state index in [1.54, 1.807) is 12.4 Å². The first-order valence-electron chi connectivity index (χ1n) is 4.68. The summed E-state index contributed by atoms with van der Waals surface area (Å²) in [6, 6.07) is 1.98. The van der Waals surface area contributed by atoms with E-state index in [0.29, 0.717) is 5.92 Å². The third-order valence-corrected chi connectivity index (χ3v) is 2.12.